The van der Waals surface area contributed by atoms with Crippen molar-refractivity contribution in [3.63, 3.8) is 0 Å². The Morgan fingerprint density at radius 3 is 2.67 bits per heavy atom. The summed E-state index contributed by atoms with van der Waals surface area (Å²) in [5, 5.41) is 3.29. The minimum Gasteiger partial charge on any atom is -0.381 e. The summed E-state index contributed by atoms with van der Waals surface area (Å²) >= 11 is 0. The summed E-state index contributed by atoms with van der Waals surface area (Å²) in [6.45, 7) is 8.90. The molecule has 1 heterocycles. The van der Waals surface area contributed by atoms with Crippen LogP contribution in [-0.4, -0.2) is 26.3 Å². The fourth-order valence-corrected chi connectivity index (χ4v) is 1.95. The molecule has 1 saturated heterocycles. The smallest absolute Gasteiger partial charge is 0.0494 e. The molecule has 0 aromatic heterocycles. The molecular weight excluding hydrogens is 186 g/mol. The van der Waals surface area contributed by atoms with Crippen molar-refractivity contribution in [3.05, 3.63) is 0 Å². The van der Waals surface area contributed by atoms with Crippen molar-refractivity contribution in [2.45, 2.75) is 46.0 Å². The first kappa shape index (κ1) is 13.0. The van der Waals surface area contributed by atoms with Gasteiger partial charge in [0, 0.05) is 13.2 Å². The first-order valence-corrected chi connectivity index (χ1v) is 6.65. The van der Waals surface area contributed by atoms with E-state index in [1.54, 1.807) is 0 Å². The fourth-order valence-electron chi connectivity index (χ4n) is 1.95. The van der Waals surface area contributed by atoms with Crippen LogP contribution >= 0.6 is 0 Å². The van der Waals surface area contributed by atoms with Crippen LogP contribution < -0.4 is 5.32 Å². The summed E-state index contributed by atoms with van der Waals surface area (Å²) in [4.78, 5) is 0. The first-order valence-electron chi connectivity index (χ1n) is 6.65. The van der Waals surface area contributed by atoms with Crippen molar-refractivity contribution >= 4 is 0 Å². The third-order valence-electron chi connectivity index (χ3n) is 3.43. The van der Waals surface area contributed by atoms with Gasteiger partial charge in [0.25, 0.3) is 0 Å². The average Bonchev–Trinajstić information content (AvgIpc) is 2.19. The van der Waals surface area contributed by atoms with Crippen molar-refractivity contribution in [1.29, 1.82) is 0 Å². The largest absolute Gasteiger partial charge is 0.381 e. The van der Waals surface area contributed by atoms with Crippen LogP contribution in [0.3, 0.4) is 0 Å². The molecule has 0 saturated carbocycles. The number of hydrogen-bond donors (Lipinski definition) is 1. The lowest BCUT2D eigenvalue weighted by Crippen LogP contribution is -2.42. The highest BCUT2D eigenvalue weighted by molar-refractivity contribution is 4.73. The maximum Gasteiger partial charge on any atom is 0.0494 e. The van der Waals surface area contributed by atoms with Crippen LogP contribution in [0.5, 0.6) is 0 Å². The molecule has 1 aliphatic rings. The highest BCUT2D eigenvalue weighted by Crippen LogP contribution is 2.14. The molecule has 1 N–H and O–H groups in total. The Morgan fingerprint density at radius 2 is 2.13 bits per heavy atom. The number of hydrogen-bond acceptors (Lipinski definition) is 2. The van der Waals surface area contributed by atoms with E-state index in [0.29, 0.717) is 0 Å². The highest BCUT2D eigenvalue weighted by Gasteiger charge is 2.16. The van der Waals surface area contributed by atoms with Crippen molar-refractivity contribution in [3.8, 4) is 0 Å². The zero-order chi connectivity index (χ0) is 10.9. The summed E-state index contributed by atoms with van der Waals surface area (Å²) in [5.41, 5.74) is 0. The molecule has 0 spiro atoms. The monoisotopic (exact) mass is 213 g/mol. The number of nitrogens with one attached hydrogen (secondary N) is 1. The Kier molecular flexibility index (Phi) is 7.03. The van der Waals surface area contributed by atoms with Gasteiger partial charge < -0.3 is 10.1 Å². The van der Waals surface area contributed by atoms with Crippen LogP contribution in [0, 0.1) is 11.8 Å². The molecule has 1 atom stereocenters. The minimum absolute atomic E-state index is 0.796. The van der Waals surface area contributed by atoms with E-state index in [0.717, 1.165) is 25.0 Å². The van der Waals surface area contributed by atoms with Crippen LogP contribution in [-0.2, 0) is 4.74 Å². The average molecular weight is 213 g/mol. The standard InChI is InChI=1S/C13H27NO/c1-3-5-6-12(4-2)11-15-8-7-13-9-14-10-13/h12-14H,3-11H2,1-2H3. The van der Waals surface area contributed by atoms with Gasteiger partial charge in [-0.1, -0.05) is 33.1 Å². The molecule has 2 nitrogen and oxygen atoms in total. The summed E-state index contributed by atoms with van der Waals surface area (Å²) < 4.78 is 5.76. The van der Waals surface area contributed by atoms with Gasteiger partial charge in [0.15, 0.2) is 0 Å². The maximum atomic E-state index is 5.76. The summed E-state index contributed by atoms with van der Waals surface area (Å²) in [6, 6.07) is 0. The van der Waals surface area contributed by atoms with Crippen LogP contribution in [0.4, 0.5) is 0 Å². The molecular formula is C13H27NO. The molecule has 0 bridgehead atoms. The molecule has 2 heteroatoms. The van der Waals surface area contributed by atoms with Gasteiger partial charge in [-0.05, 0) is 37.8 Å². The number of unbranched alkanes of at least 4 members (excludes halogenated alkanes) is 1. The van der Waals surface area contributed by atoms with E-state index in [1.165, 1.54) is 45.2 Å². The van der Waals surface area contributed by atoms with Crippen molar-refractivity contribution < 1.29 is 4.74 Å². The second-order valence-electron chi connectivity index (χ2n) is 4.80. The molecule has 1 unspecified atom stereocenters. The lowest BCUT2D eigenvalue weighted by Gasteiger charge is -2.27. The molecule has 90 valence electrons. The molecule has 0 aromatic carbocycles. The van der Waals surface area contributed by atoms with Gasteiger partial charge in [0.05, 0.1) is 0 Å². The lowest BCUT2D eigenvalue weighted by atomic mass is 9.99. The zero-order valence-corrected chi connectivity index (χ0v) is 10.4. The van der Waals surface area contributed by atoms with Gasteiger partial charge in [-0.25, -0.2) is 0 Å². The third kappa shape index (κ3) is 5.53. The molecule has 1 fully saturated rings. The predicted molar refractivity (Wildman–Crippen MR) is 65.1 cm³/mol. The maximum absolute atomic E-state index is 5.76. The summed E-state index contributed by atoms with van der Waals surface area (Å²) in [5.74, 6) is 1.69. The molecule has 0 aliphatic carbocycles. The van der Waals surface area contributed by atoms with E-state index in [9.17, 15) is 0 Å². The van der Waals surface area contributed by atoms with E-state index in [2.05, 4.69) is 19.2 Å². The van der Waals surface area contributed by atoms with Gasteiger partial charge in [-0.2, -0.15) is 0 Å². The molecule has 1 aliphatic heterocycles. The van der Waals surface area contributed by atoms with E-state index in [1.807, 2.05) is 0 Å². The van der Waals surface area contributed by atoms with E-state index < -0.39 is 0 Å². The third-order valence-corrected chi connectivity index (χ3v) is 3.43. The normalized spacial score (nSPS) is 18.8. The molecule has 0 radical (unpaired) electrons. The summed E-state index contributed by atoms with van der Waals surface area (Å²) in [7, 11) is 0. The van der Waals surface area contributed by atoms with Crippen LogP contribution in [0.1, 0.15) is 46.0 Å². The molecule has 0 amide bonds. The predicted octanol–water partition coefficient (Wildman–Crippen LogP) is 2.83. The fraction of sp³-hybridized carbons (Fsp3) is 1.00. The van der Waals surface area contributed by atoms with Crippen LogP contribution in [0.25, 0.3) is 0 Å². The van der Waals surface area contributed by atoms with Gasteiger partial charge in [0.2, 0.25) is 0 Å². The second kappa shape index (κ2) is 8.12. The number of ether oxygens (including phenoxy) is 1. The van der Waals surface area contributed by atoms with Gasteiger partial charge in [-0.15, -0.1) is 0 Å². The van der Waals surface area contributed by atoms with Gasteiger partial charge in [-0.3, -0.25) is 0 Å². The molecule has 0 aromatic rings. The topological polar surface area (TPSA) is 21.3 Å². The molecule has 1 rings (SSSR count). The Bertz CT molecular complexity index is 145. The van der Waals surface area contributed by atoms with Crippen LogP contribution in [0.2, 0.25) is 0 Å². The Morgan fingerprint density at radius 1 is 1.33 bits per heavy atom. The Labute approximate surface area is 94.8 Å². The second-order valence-corrected chi connectivity index (χ2v) is 4.80. The SMILES string of the molecule is CCCCC(CC)COCCC1CNC1. The van der Waals surface area contributed by atoms with Crippen molar-refractivity contribution in [1.82, 2.24) is 5.32 Å². The zero-order valence-electron chi connectivity index (χ0n) is 10.4. The first-order chi connectivity index (χ1) is 7.36. The minimum atomic E-state index is 0.796. The van der Waals surface area contributed by atoms with Crippen molar-refractivity contribution in [2.24, 2.45) is 11.8 Å². The van der Waals surface area contributed by atoms with E-state index in [4.69, 9.17) is 4.74 Å². The quantitative estimate of drug-likeness (QED) is 0.595. The Balaban J connectivity index is 1.90. The Hall–Kier alpha value is -0.0800. The summed E-state index contributed by atoms with van der Waals surface area (Å²) in [6.07, 6.45) is 6.53. The van der Waals surface area contributed by atoms with Gasteiger partial charge in [0.1, 0.15) is 0 Å². The van der Waals surface area contributed by atoms with Gasteiger partial charge >= 0.3 is 0 Å². The van der Waals surface area contributed by atoms with Crippen molar-refractivity contribution in [2.75, 3.05) is 26.3 Å². The number of rotatable bonds is 9. The van der Waals surface area contributed by atoms with Crippen LogP contribution in [0.15, 0.2) is 0 Å². The van der Waals surface area contributed by atoms with E-state index >= 15 is 0 Å². The van der Waals surface area contributed by atoms with E-state index in [-0.39, 0.29) is 0 Å². The molecule has 15 heavy (non-hydrogen) atoms. The lowest BCUT2D eigenvalue weighted by molar-refractivity contribution is 0.0781. The highest BCUT2D eigenvalue weighted by atomic mass is 16.5.